The summed E-state index contributed by atoms with van der Waals surface area (Å²) in [6.07, 6.45) is 0. The van der Waals surface area contributed by atoms with Crippen molar-refractivity contribution in [2.45, 2.75) is 13.0 Å². The van der Waals surface area contributed by atoms with E-state index < -0.39 is 22.8 Å². The Bertz CT molecular complexity index is 602. The lowest BCUT2D eigenvalue weighted by molar-refractivity contribution is -0.385. The molecule has 1 aliphatic heterocycles. The lowest BCUT2D eigenvalue weighted by atomic mass is 10.0. The molecule has 3 N–H and O–H groups in total. The Kier molecular flexibility index (Phi) is 4.18. The van der Waals surface area contributed by atoms with Gasteiger partial charge in [0.2, 0.25) is 5.91 Å². The third-order valence-electron chi connectivity index (χ3n) is 3.48. The van der Waals surface area contributed by atoms with Crippen LogP contribution in [-0.2, 0) is 4.79 Å². The molecule has 1 aromatic rings. The molecule has 1 fully saturated rings. The Morgan fingerprint density at radius 2 is 2.19 bits per heavy atom. The molecule has 0 spiro atoms. The van der Waals surface area contributed by atoms with E-state index in [9.17, 15) is 19.7 Å². The fraction of sp³-hybridized carbons (Fsp3) is 0.385. The number of primary amides is 1. The van der Waals surface area contributed by atoms with Gasteiger partial charge in [0.05, 0.1) is 4.92 Å². The summed E-state index contributed by atoms with van der Waals surface area (Å²) in [5.41, 5.74) is 5.44. The third-order valence-corrected chi connectivity index (χ3v) is 3.48. The first-order valence-corrected chi connectivity index (χ1v) is 6.48. The van der Waals surface area contributed by atoms with Crippen molar-refractivity contribution in [3.8, 4) is 0 Å². The molecule has 2 rings (SSSR count). The van der Waals surface area contributed by atoms with E-state index in [1.165, 1.54) is 11.0 Å². The minimum absolute atomic E-state index is 0.0202. The summed E-state index contributed by atoms with van der Waals surface area (Å²) in [5.74, 6) is -1.18. The molecule has 0 aliphatic carbocycles. The highest BCUT2D eigenvalue weighted by Gasteiger charge is 2.34. The first-order valence-electron chi connectivity index (χ1n) is 6.48. The lowest BCUT2D eigenvalue weighted by Gasteiger charge is -2.34. The van der Waals surface area contributed by atoms with Gasteiger partial charge in [-0.1, -0.05) is 12.1 Å². The maximum absolute atomic E-state index is 12.6. The minimum Gasteiger partial charge on any atom is -0.368 e. The molecular formula is C13H16N4O4. The molecule has 1 atom stereocenters. The van der Waals surface area contributed by atoms with Gasteiger partial charge in [-0.3, -0.25) is 19.7 Å². The number of nitro benzene ring substituents is 1. The van der Waals surface area contributed by atoms with Crippen molar-refractivity contribution >= 4 is 17.5 Å². The Balaban J connectivity index is 2.42. The fourth-order valence-electron chi connectivity index (χ4n) is 2.43. The summed E-state index contributed by atoms with van der Waals surface area (Å²) in [6.45, 7) is 2.60. The van der Waals surface area contributed by atoms with E-state index in [0.717, 1.165) is 0 Å². The second kappa shape index (κ2) is 5.88. The number of benzene rings is 1. The van der Waals surface area contributed by atoms with E-state index in [-0.39, 0.29) is 24.3 Å². The van der Waals surface area contributed by atoms with Crippen LogP contribution in [0.15, 0.2) is 18.2 Å². The van der Waals surface area contributed by atoms with Crippen LogP contribution < -0.4 is 11.1 Å². The molecule has 1 aromatic carbocycles. The van der Waals surface area contributed by atoms with Crippen LogP contribution in [0.4, 0.5) is 5.69 Å². The summed E-state index contributed by atoms with van der Waals surface area (Å²) >= 11 is 0. The topological polar surface area (TPSA) is 119 Å². The van der Waals surface area contributed by atoms with Crippen molar-refractivity contribution in [1.82, 2.24) is 10.2 Å². The number of amides is 2. The van der Waals surface area contributed by atoms with Crippen LogP contribution in [-0.4, -0.2) is 47.3 Å². The van der Waals surface area contributed by atoms with Gasteiger partial charge in [0, 0.05) is 25.2 Å². The van der Waals surface area contributed by atoms with Crippen molar-refractivity contribution in [2.75, 3.05) is 19.6 Å². The van der Waals surface area contributed by atoms with Crippen LogP contribution in [0.2, 0.25) is 0 Å². The van der Waals surface area contributed by atoms with E-state index in [4.69, 9.17) is 5.73 Å². The van der Waals surface area contributed by atoms with E-state index in [1.54, 1.807) is 19.1 Å². The summed E-state index contributed by atoms with van der Waals surface area (Å²) in [4.78, 5) is 35.9. The average Bonchev–Trinajstić information content (AvgIpc) is 2.45. The predicted molar refractivity (Wildman–Crippen MR) is 74.7 cm³/mol. The number of carbonyl (C=O) groups is 2. The van der Waals surface area contributed by atoms with Crippen LogP contribution in [0.1, 0.15) is 15.9 Å². The summed E-state index contributed by atoms with van der Waals surface area (Å²) in [6, 6.07) is 3.74. The van der Waals surface area contributed by atoms with Crippen molar-refractivity contribution in [1.29, 1.82) is 0 Å². The Morgan fingerprint density at radius 1 is 1.48 bits per heavy atom. The minimum atomic E-state index is -0.800. The zero-order valence-corrected chi connectivity index (χ0v) is 11.5. The molecule has 1 saturated heterocycles. The molecule has 8 heteroatoms. The largest absolute Gasteiger partial charge is 0.368 e. The Morgan fingerprint density at radius 3 is 2.81 bits per heavy atom. The van der Waals surface area contributed by atoms with Gasteiger partial charge in [0.25, 0.3) is 11.6 Å². The summed E-state index contributed by atoms with van der Waals surface area (Å²) in [5, 5.41) is 14.1. The average molecular weight is 292 g/mol. The van der Waals surface area contributed by atoms with Gasteiger partial charge < -0.3 is 16.0 Å². The number of rotatable bonds is 3. The third kappa shape index (κ3) is 2.84. The van der Waals surface area contributed by atoms with Crippen molar-refractivity contribution in [2.24, 2.45) is 5.73 Å². The van der Waals surface area contributed by atoms with Gasteiger partial charge in [-0.25, -0.2) is 0 Å². The molecule has 0 aromatic heterocycles. The number of nitro groups is 1. The smallest absolute Gasteiger partial charge is 0.285 e. The molecule has 112 valence electrons. The molecular weight excluding hydrogens is 276 g/mol. The summed E-state index contributed by atoms with van der Waals surface area (Å²) in [7, 11) is 0. The van der Waals surface area contributed by atoms with Crippen LogP contribution in [0.5, 0.6) is 0 Å². The van der Waals surface area contributed by atoms with E-state index in [1.807, 2.05) is 0 Å². The summed E-state index contributed by atoms with van der Waals surface area (Å²) < 4.78 is 0. The van der Waals surface area contributed by atoms with Crippen molar-refractivity contribution < 1.29 is 14.5 Å². The van der Waals surface area contributed by atoms with Gasteiger partial charge in [0.15, 0.2) is 0 Å². The van der Waals surface area contributed by atoms with Gasteiger partial charge in [-0.15, -0.1) is 0 Å². The fourth-order valence-corrected chi connectivity index (χ4v) is 2.43. The molecule has 1 unspecified atom stereocenters. The molecule has 1 heterocycles. The number of nitrogens with one attached hydrogen (secondary N) is 1. The first-order chi connectivity index (χ1) is 9.93. The van der Waals surface area contributed by atoms with Crippen LogP contribution in [0, 0.1) is 17.0 Å². The molecule has 0 radical (unpaired) electrons. The van der Waals surface area contributed by atoms with Gasteiger partial charge in [0.1, 0.15) is 11.6 Å². The van der Waals surface area contributed by atoms with Crippen molar-refractivity contribution in [3.63, 3.8) is 0 Å². The molecule has 0 saturated carbocycles. The monoisotopic (exact) mass is 292 g/mol. The number of nitrogens with zero attached hydrogens (tertiary/aromatic N) is 2. The molecule has 21 heavy (non-hydrogen) atoms. The van der Waals surface area contributed by atoms with Crippen LogP contribution >= 0.6 is 0 Å². The number of hydrogen-bond donors (Lipinski definition) is 2. The Labute approximate surface area is 121 Å². The number of piperazine rings is 1. The molecule has 0 bridgehead atoms. The quantitative estimate of drug-likeness (QED) is 0.591. The predicted octanol–water partition coefficient (Wildman–Crippen LogP) is -0.197. The highest BCUT2D eigenvalue weighted by Crippen LogP contribution is 2.25. The van der Waals surface area contributed by atoms with E-state index in [2.05, 4.69) is 5.32 Å². The maximum Gasteiger partial charge on any atom is 0.285 e. The van der Waals surface area contributed by atoms with Crippen molar-refractivity contribution in [3.05, 3.63) is 39.4 Å². The van der Waals surface area contributed by atoms with Crippen LogP contribution in [0.3, 0.4) is 0 Å². The number of para-hydroxylation sites is 1. The zero-order valence-electron chi connectivity index (χ0n) is 11.5. The van der Waals surface area contributed by atoms with E-state index >= 15 is 0 Å². The SMILES string of the molecule is Cc1cccc(C(=O)N2CCNCC2C(N)=O)c1[N+](=O)[O-]. The maximum atomic E-state index is 12.6. The number of nitrogens with two attached hydrogens (primary N) is 1. The zero-order chi connectivity index (χ0) is 15.6. The number of carbonyl (C=O) groups excluding carboxylic acids is 2. The van der Waals surface area contributed by atoms with Gasteiger partial charge >= 0.3 is 0 Å². The number of aryl methyl sites for hydroxylation is 1. The lowest BCUT2D eigenvalue weighted by Crippen LogP contribution is -2.58. The second-order valence-electron chi connectivity index (χ2n) is 4.85. The normalized spacial score (nSPS) is 18.3. The Hall–Kier alpha value is -2.48. The van der Waals surface area contributed by atoms with Gasteiger partial charge in [-0.05, 0) is 13.0 Å². The van der Waals surface area contributed by atoms with Gasteiger partial charge in [-0.2, -0.15) is 0 Å². The molecule has 1 aliphatic rings. The highest BCUT2D eigenvalue weighted by molar-refractivity contribution is 6.01. The second-order valence-corrected chi connectivity index (χ2v) is 4.85. The standard InChI is InChI=1S/C13H16N4O4/c1-8-3-2-4-9(11(8)17(20)21)13(19)16-6-5-15-7-10(16)12(14)18/h2-4,10,15H,5-7H2,1H3,(H2,14,18). The molecule has 8 nitrogen and oxygen atoms in total. The highest BCUT2D eigenvalue weighted by atomic mass is 16.6. The first kappa shape index (κ1) is 14.9. The van der Waals surface area contributed by atoms with Crippen LogP contribution in [0.25, 0.3) is 0 Å². The number of hydrogen-bond acceptors (Lipinski definition) is 5. The van der Waals surface area contributed by atoms with E-state index in [0.29, 0.717) is 12.1 Å². The molecule has 2 amide bonds.